The van der Waals surface area contributed by atoms with Crippen LogP contribution in [0.5, 0.6) is 0 Å². The summed E-state index contributed by atoms with van der Waals surface area (Å²) in [7, 11) is 0. The van der Waals surface area contributed by atoms with E-state index in [1.807, 2.05) is 0 Å². The largest absolute Gasteiger partial charge is 0.352 e. The quantitative estimate of drug-likeness (QED) is 0.643. The van der Waals surface area contributed by atoms with Crippen molar-refractivity contribution >= 4 is 0 Å². The maximum Gasteiger partial charge on any atom is 0.162 e. The Bertz CT molecular complexity index is 352. The van der Waals surface area contributed by atoms with Crippen LogP contribution in [0.3, 0.4) is 0 Å². The van der Waals surface area contributed by atoms with Crippen molar-refractivity contribution in [1.82, 2.24) is 0 Å². The average Bonchev–Trinajstić information content (AvgIpc) is 2.93. The molecule has 0 aliphatic carbocycles. The molecule has 3 saturated heterocycles. The summed E-state index contributed by atoms with van der Waals surface area (Å²) < 4.78 is 29.5. The highest BCUT2D eigenvalue weighted by atomic mass is 16.8. The molecule has 3 rings (SSSR count). The summed E-state index contributed by atoms with van der Waals surface area (Å²) in [5, 5.41) is 0. The van der Waals surface area contributed by atoms with Crippen LogP contribution in [0.15, 0.2) is 0 Å². The molecule has 3 aliphatic heterocycles. The molecule has 5 heteroatoms. The van der Waals surface area contributed by atoms with Crippen molar-refractivity contribution < 1.29 is 23.7 Å². The molecular weight excluding hydrogens is 272 g/mol. The third kappa shape index (κ3) is 2.63. The molecule has 0 N–H and O–H groups in total. The van der Waals surface area contributed by atoms with Crippen molar-refractivity contribution in [3.8, 4) is 0 Å². The molecule has 0 aromatic heterocycles. The van der Waals surface area contributed by atoms with Gasteiger partial charge in [0.1, 0.15) is 11.2 Å². The van der Waals surface area contributed by atoms with Gasteiger partial charge in [0.25, 0.3) is 0 Å². The summed E-state index contributed by atoms with van der Waals surface area (Å²) in [6, 6.07) is 0. The minimum atomic E-state index is -0.391. The molecule has 5 nitrogen and oxygen atoms in total. The third-order valence-corrected chi connectivity index (χ3v) is 4.47. The first-order valence-corrected chi connectivity index (χ1v) is 7.75. The Hall–Kier alpha value is -0.200. The number of fused-ring (bicyclic) bond motifs is 1. The Morgan fingerprint density at radius 2 is 0.905 bits per heavy atom. The van der Waals surface area contributed by atoms with E-state index in [1.54, 1.807) is 0 Å². The summed E-state index contributed by atoms with van der Waals surface area (Å²) in [5.41, 5.74) is -0.837. The Morgan fingerprint density at radius 3 is 1.14 bits per heavy atom. The Kier molecular flexibility index (Phi) is 3.47. The van der Waals surface area contributed by atoms with E-state index in [9.17, 15) is 0 Å². The van der Waals surface area contributed by atoms with Gasteiger partial charge in [0.05, 0.1) is 26.4 Å². The highest BCUT2D eigenvalue weighted by Crippen LogP contribution is 2.53. The molecule has 0 bridgehead atoms. The smallest absolute Gasteiger partial charge is 0.162 e. The fourth-order valence-corrected chi connectivity index (χ4v) is 3.01. The number of rotatable bonds is 0. The zero-order chi connectivity index (χ0) is 15.5. The van der Waals surface area contributed by atoms with E-state index >= 15 is 0 Å². The van der Waals surface area contributed by atoms with Gasteiger partial charge in [0.15, 0.2) is 12.6 Å². The second-order valence-electron chi connectivity index (χ2n) is 8.73. The number of ether oxygens (including phenoxy) is 5. The first-order chi connectivity index (χ1) is 9.58. The van der Waals surface area contributed by atoms with Crippen LogP contribution < -0.4 is 0 Å². The highest BCUT2D eigenvalue weighted by Gasteiger charge is 2.73. The minimum Gasteiger partial charge on any atom is -0.352 e. The molecule has 0 aromatic carbocycles. The number of hydrogen-bond donors (Lipinski definition) is 0. The molecule has 0 radical (unpaired) electrons. The molecule has 0 unspecified atom stereocenters. The van der Waals surface area contributed by atoms with Crippen LogP contribution in [0.1, 0.15) is 41.5 Å². The Balaban J connectivity index is 1.58. The number of hydrogen-bond acceptors (Lipinski definition) is 5. The maximum absolute atomic E-state index is 6.00. The Morgan fingerprint density at radius 1 is 0.619 bits per heavy atom. The van der Waals surface area contributed by atoms with Crippen LogP contribution in [0.25, 0.3) is 0 Å². The molecule has 122 valence electrons. The van der Waals surface area contributed by atoms with Gasteiger partial charge in [0.2, 0.25) is 0 Å². The van der Waals surface area contributed by atoms with Crippen LogP contribution >= 0.6 is 0 Å². The van der Waals surface area contributed by atoms with Crippen molar-refractivity contribution in [3.63, 3.8) is 0 Å². The van der Waals surface area contributed by atoms with Crippen molar-refractivity contribution in [3.05, 3.63) is 0 Å². The van der Waals surface area contributed by atoms with Gasteiger partial charge in [-0.15, -0.1) is 0 Å². The first kappa shape index (κ1) is 15.7. The first-order valence-electron chi connectivity index (χ1n) is 7.75. The van der Waals surface area contributed by atoms with Gasteiger partial charge < -0.3 is 23.7 Å². The summed E-state index contributed by atoms with van der Waals surface area (Å²) in [6.45, 7) is 14.8. The summed E-state index contributed by atoms with van der Waals surface area (Å²) in [5.74, 6) is 0. The van der Waals surface area contributed by atoms with Crippen molar-refractivity contribution in [1.29, 1.82) is 0 Å². The zero-order valence-electron chi connectivity index (χ0n) is 14.0. The summed E-state index contributed by atoms with van der Waals surface area (Å²) >= 11 is 0. The van der Waals surface area contributed by atoms with Crippen LogP contribution in [-0.4, -0.2) is 50.2 Å². The molecular formula is C16H28O5. The topological polar surface area (TPSA) is 49.5 Å². The lowest BCUT2D eigenvalue weighted by molar-refractivity contribution is -0.257. The molecule has 3 fully saturated rings. The zero-order valence-corrected chi connectivity index (χ0v) is 14.0. The van der Waals surface area contributed by atoms with Crippen LogP contribution in [0.2, 0.25) is 0 Å². The fraction of sp³-hybridized carbons (Fsp3) is 1.00. The minimum absolute atomic E-state index is 0.0272. The molecule has 21 heavy (non-hydrogen) atoms. The predicted molar refractivity (Wildman–Crippen MR) is 76.8 cm³/mol. The van der Waals surface area contributed by atoms with Gasteiger partial charge in [-0.05, 0) is 0 Å². The summed E-state index contributed by atoms with van der Waals surface area (Å²) in [6.07, 6.45) is -0.366. The van der Waals surface area contributed by atoms with Gasteiger partial charge in [-0.1, -0.05) is 41.5 Å². The lowest BCUT2D eigenvalue weighted by atomic mass is 9.90. The van der Waals surface area contributed by atoms with Crippen molar-refractivity contribution in [2.45, 2.75) is 65.3 Å². The van der Waals surface area contributed by atoms with E-state index in [-0.39, 0.29) is 23.4 Å². The fourth-order valence-electron chi connectivity index (χ4n) is 3.01. The monoisotopic (exact) mass is 300 g/mol. The van der Waals surface area contributed by atoms with Crippen molar-refractivity contribution in [2.24, 2.45) is 10.8 Å². The van der Waals surface area contributed by atoms with E-state index in [0.29, 0.717) is 26.4 Å². The molecule has 3 aliphatic rings. The average molecular weight is 300 g/mol. The van der Waals surface area contributed by atoms with Crippen molar-refractivity contribution in [2.75, 3.05) is 26.4 Å². The second kappa shape index (κ2) is 4.65. The van der Waals surface area contributed by atoms with Gasteiger partial charge in [-0.2, -0.15) is 0 Å². The molecule has 3 heterocycles. The van der Waals surface area contributed by atoms with Crippen LogP contribution in [0.4, 0.5) is 0 Å². The predicted octanol–water partition coefficient (Wildman–Crippen LogP) is 2.33. The van der Waals surface area contributed by atoms with E-state index in [2.05, 4.69) is 41.5 Å². The van der Waals surface area contributed by atoms with Gasteiger partial charge >= 0.3 is 0 Å². The molecule has 0 saturated carbocycles. The lowest BCUT2D eigenvalue weighted by Crippen LogP contribution is -2.53. The van der Waals surface area contributed by atoms with E-state index in [0.717, 1.165) is 0 Å². The maximum atomic E-state index is 6.00. The summed E-state index contributed by atoms with van der Waals surface area (Å²) in [4.78, 5) is 0. The third-order valence-electron chi connectivity index (χ3n) is 4.47. The second-order valence-corrected chi connectivity index (χ2v) is 8.73. The molecule has 0 aromatic rings. The lowest BCUT2D eigenvalue weighted by Gasteiger charge is -2.39. The number of epoxide rings is 1. The normalized spacial score (nSPS) is 44.3. The molecule has 0 amide bonds. The van der Waals surface area contributed by atoms with Gasteiger partial charge in [-0.3, -0.25) is 0 Å². The molecule has 0 atom stereocenters. The Labute approximate surface area is 127 Å². The molecule has 2 spiro atoms. The van der Waals surface area contributed by atoms with Crippen LogP contribution in [-0.2, 0) is 23.7 Å². The van der Waals surface area contributed by atoms with E-state index < -0.39 is 11.2 Å². The van der Waals surface area contributed by atoms with E-state index in [4.69, 9.17) is 23.7 Å². The van der Waals surface area contributed by atoms with Gasteiger partial charge in [-0.25, -0.2) is 0 Å². The van der Waals surface area contributed by atoms with Crippen LogP contribution in [0, 0.1) is 10.8 Å². The standard InChI is InChI=1S/C16H28O5/c1-13(2,3)11-17-7-15(8-18-11)16(21-15)9-19-12(20-10-16)14(4,5)6/h11-12H,7-10H2,1-6H3. The highest BCUT2D eigenvalue weighted by molar-refractivity contribution is 5.18. The SMILES string of the molecule is CC(C)(C)C1OCC2(CO1)OC21COC(C(C)(C)C)OC1. The van der Waals surface area contributed by atoms with E-state index in [1.165, 1.54) is 0 Å². The van der Waals surface area contributed by atoms with Gasteiger partial charge in [0, 0.05) is 10.8 Å².